The van der Waals surface area contributed by atoms with Crippen molar-refractivity contribution in [1.29, 1.82) is 0 Å². The van der Waals surface area contributed by atoms with Gasteiger partial charge in [0.15, 0.2) is 5.78 Å². The summed E-state index contributed by atoms with van der Waals surface area (Å²) < 4.78 is 12.2. The molecule has 0 aliphatic rings. The predicted molar refractivity (Wildman–Crippen MR) is 55.4 cm³/mol. The van der Waals surface area contributed by atoms with Crippen molar-refractivity contribution in [2.24, 2.45) is 5.73 Å². The normalized spacial score (nSPS) is 14.7. The number of aliphatic hydroxyl groups is 1. The molecule has 0 saturated carbocycles. The molecular weight excluding hydrogens is 197 g/mol. The summed E-state index contributed by atoms with van der Waals surface area (Å²) in [5.74, 6) is -0.0502. The largest absolute Gasteiger partial charge is 0.387 e. The lowest BCUT2D eigenvalue weighted by molar-refractivity contribution is 0.101. The van der Waals surface area contributed by atoms with Gasteiger partial charge in [-0.25, -0.2) is 4.39 Å². The Bertz CT molecular complexity index is 337. The molecule has 0 spiro atoms. The van der Waals surface area contributed by atoms with Crippen LogP contribution in [0.1, 0.15) is 28.9 Å². The summed E-state index contributed by atoms with van der Waals surface area (Å²) in [6, 6.07) is 5.42. The maximum Gasteiger partial charge on any atom is 0.159 e. The zero-order valence-electron chi connectivity index (χ0n) is 8.48. The number of rotatable bonds is 4. The van der Waals surface area contributed by atoms with Crippen molar-refractivity contribution < 1.29 is 14.3 Å². The zero-order valence-corrected chi connectivity index (χ0v) is 8.48. The minimum Gasteiger partial charge on any atom is -0.387 e. The van der Waals surface area contributed by atoms with Gasteiger partial charge in [-0.1, -0.05) is 24.3 Å². The first-order chi connectivity index (χ1) is 7.06. The van der Waals surface area contributed by atoms with Crippen LogP contribution in [-0.4, -0.2) is 23.6 Å². The van der Waals surface area contributed by atoms with Crippen molar-refractivity contribution >= 4 is 5.78 Å². The van der Waals surface area contributed by atoms with Gasteiger partial charge in [0.05, 0.1) is 12.1 Å². The lowest BCUT2D eigenvalue weighted by atomic mass is 10.0. The quantitative estimate of drug-likeness (QED) is 0.736. The molecule has 1 aromatic rings. The maximum atomic E-state index is 12.2. The summed E-state index contributed by atoms with van der Waals surface area (Å²) in [5.41, 5.74) is 6.43. The number of hydrogen-bond donors (Lipinski definition) is 2. The number of carbonyl (C=O) groups excluding carboxylic acids is 1. The van der Waals surface area contributed by atoms with E-state index in [0.717, 1.165) is 0 Å². The third-order valence-corrected chi connectivity index (χ3v) is 2.24. The van der Waals surface area contributed by atoms with Crippen molar-refractivity contribution in [3.63, 3.8) is 0 Å². The molecule has 3 N–H and O–H groups in total. The topological polar surface area (TPSA) is 63.3 Å². The Balaban J connectivity index is 2.84. The SMILES string of the molecule is CC(=O)c1ccc([C@@H](O)[C@H](N)CF)cc1. The predicted octanol–water partition coefficient (Wildman–Crippen LogP) is 1.22. The van der Waals surface area contributed by atoms with Crippen LogP contribution in [0.3, 0.4) is 0 Å². The summed E-state index contributed by atoms with van der Waals surface area (Å²) >= 11 is 0. The van der Waals surface area contributed by atoms with Gasteiger partial charge in [-0.2, -0.15) is 0 Å². The van der Waals surface area contributed by atoms with Crippen LogP contribution < -0.4 is 5.73 Å². The van der Waals surface area contributed by atoms with E-state index in [2.05, 4.69) is 0 Å². The third-order valence-electron chi connectivity index (χ3n) is 2.24. The molecule has 3 nitrogen and oxygen atoms in total. The molecule has 15 heavy (non-hydrogen) atoms. The van der Waals surface area contributed by atoms with Crippen molar-refractivity contribution in [3.8, 4) is 0 Å². The molecule has 0 aliphatic carbocycles. The molecule has 1 aromatic carbocycles. The van der Waals surface area contributed by atoms with Crippen molar-refractivity contribution in [3.05, 3.63) is 35.4 Å². The first-order valence-corrected chi connectivity index (χ1v) is 4.66. The molecule has 2 atom stereocenters. The number of ketones is 1. The van der Waals surface area contributed by atoms with E-state index in [4.69, 9.17) is 5.73 Å². The third kappa shape index (κ3) is 2.84. The number of benzene rings is 1. The smallest absolute Gasteiger partial charge is 0.159 e. The molecule has 0 bridgehead atoms. The van der Waals surface area contributed by atoms with E-state index in [1.807, 2.05) is 0 Å². The fraction of sp³-hybridized carbons (Fsp3) is 0.364. The fourth-order valence-electron chi connectivity index (χ4n) is 1.25. The van der Waals surface area contributed by atoms with Gasteiger partial charge >= 0.3 is 0 Å². The van der Waals surface area contributed by atoms with Gasteiger partial charge in [0.2, 0.25) is 0 Å². The lowest BCUT2D eigenvalue weighted by Crippen LogP contribution is -2.30. The zero-order chi connectivity index (χ0) is 11.4. The van der Waals surface area contributed by atoms with Crippen LogP contribution in [0.15, 0.2) is 24.3 Å². The molecule has 0 fully saturated rings. The van der Waals surface area contributed by atoms with Crippen LogP contribution in [-0.2, 0) is 0 Å². The van der Waals surface area contributed by atoms with Gasteiger partial charge in [0.25, 0.3) is 0 Å². The van der Waals surface area contributed by atoms with Crippen molar-refractivity contribution in [1.82, 2.24) is 0 Å². The molecule has 4 heteroatoms. The van der Waals surface area contributed by atoms with Gasteiger partial charge in [-0.15, -0.1) is 0 Å². The fourth-order valence-corrected chi connectivity index (χ4v) is 1.25. The van der Waals surface area contributed by atoms with Gasteiger partial charge in [-0.3, -0.25) is 4.79 Å². The second-order valence-corrected chi connectivity index (χ2v) is 3.44. The van der Waals surface area contributed by atoms with Gasteiger partial charge in [0.1, 0.15) is 6.67 Å². The Labute approximate surface area is 87.7 Å². The number of alkyl halides is 1. The summed E-state index contributed by atoms with van der Waals surface area (Å²) in [5, 5.41) is 9.57. The molecule has 0 radical (unpaired) electrons. The monoisotopic (exact) mass is 211 g/mol. The Morgan fingerprint density at radius 1 is 1.47 bits per heavy atom. The number of Topliss-reactive ketones (excluding diaryl/α,β-unsaturated/α-hetero) is 1. The van der Waals surface area contributed by atoms with Gasteiger partial charge in [-0.05, 0) is 12.5 Å². The van der Waals surface area contributed by atoms with Crippen LogP contribution >= 0.6 is 0 Å². The number of halogens is 1. The minimum absolute atomic E-state index is 0.0502. The molecule has 0 saturated heterocycles. The van der Waals surface area contributed by atoms with E-state index >= 15 is 0 Å². The van der Waals surface area contributed by atoms with Gasteiger partial charge < -0.3 is 10.8 Å². The lowest BCUT2D eigenvalue weighted by Gasteiger charge is -2.16. The van der Waals surface area contributed by atoms with Crippen molar-refractivity contribution in [2.75, 3.05) is 6.67 Å². The average molecular weight is 211 g/mol. The van der Waals surface area contributed by atoms with E-state index in [0.29, 0.717) is 11.1 Å². The summed E-state index contributed by atoms with van der Waals surface area (Å²) in [6.07, 6.45) is -1.03. The highest BCUT2D eigenvalue weighted by atomic mass is 19.1. The molecule has 0 amide bonds. The molecule has 0 aromatic heterocycles. The number of hydrogen-bond acceptors (Lipinski definition) is 3. The Morgan fingerprint density at radius 2 is 2.00 bits per heavy atom. The average Bonchev–Trinajstić information content (AvgIpc) is 2.27. The van der Waals surface area contributed by atoms with Crippen LogP contribution in [0.2, 0.25) is 0 Å². The first-order valence-electron chi connectivity index (χ1n) is 4.66. The second-order valence-electron chi connectivity index (χ2n) is 3.44. The highest BCUT2D eigenvalue weighted by molar-refractivity contribution is 5.94. The molecular formula is C11H14FNO2. The number of nitrogens with two attached hydrogens (primary N) is 1. The van der Waals surface area contributed by atoms with E-state index in [1.54, 1.807) is 24.3 Å². The number of carbonyl (C=O) groups is 1. The van der Waals surface area contributed by atoms with Crippen LogP contribution in [0.25, 0.3) is 0 Å². The molecule has 82 valence electrons. The molecule has 0 unspecified atom stereocenters. The molecule has 0 heterocycles. The maximum absolute atomic E-state index is 12.2. The standard InChI is InChI=1S/C11H14FNO2/c1-7(14)8-2-4-9(5-3-8)11(15)10(13)6-12/h2-5,10-11,15H,6,13H2,1H3/t10-,11-/m1/s1. The highest BCUT2D eigenvalue weighted by Crippen LogP contribution is 2.16. The Kier molecular flexibility index (Phi) is 3.94. The molecule has 0 aliphatic heterocycles. The van der Waals surface area contributed by atoms with Crippen molar-refractivity contribution in [2.45, 2.75) is 19.1 Å². The summed E-state index contributed by atoms with van der Waals surface area (Å²) in [7, 11) is 0. The van der Waals surface area contributed by atoms with E-state index in [1.165, 1.54) is 6.92 Å². The van der Waals surface area contributed by atoms with E-state index < -0.39 is 18.8 Å². The highest BCUT2D eigenvalue weighted by Gasteiger charge is 2.16. The minimum atomic E-state index is -1.03. The van der Waals surface area contributed by atoms with E-state index in [-0.39, 0.29) is 5.78 Å². The molecule has 1 rings (SSSR count). The Morgan fingerprint density at radius 3 is 2.40 bits per heavy atom. The first kappa shape index (κ1) is 11.8. The second kappa shape index (κ2) is 5.00. The Hall–Kier alpha value is -1.26. The number of aliphatic hydroxyl groups excluding tert-OH is 1. The van der Waals surface area contributed by atoms with Gasteiger partial charge in [0, 0.05) is 5.56 Å². The van der Waals surface area contributed by atoms with Crippen LogP contribution in [0.5, 0.6) is 0 Å². The van der Waals surface area contributed by atoms with Crippen LogP contribution in [0, 0.1) is 0 Å². The van der Waals surface area contributed by atoms with Crippen LogP contribution in [0.4, 0.5) is 4.39 Å². The summed E-state index contributed by atoms with van der Waals surface area (Å²) in [4.78, 5) is 11.0. The summed E-state index contributed by atoms with van der Waals surface area (Å²) in [6.45, 7) is 0.675. The van der Waals surface area contributed by atoms with E-state index in [9.17, 15) is 14.3 Å².